The number of hydrogen-bond acceptors (Lipinski definition) is 1. The summed E-state index contributed by atoms with van der Waals surface area (Å²) in [5.41, 5.74) is 4.12. The SMILES string of the molecule is Brc1ccc2c(c1)[C@@H]1C=CC[C@@H]1[C@H](c1c3ccccc3cc3ccccc13)N2. The molecule has 0 saturated carbocycles. The first-order valence-corrected chi connectivity index (χ1v) is 10.7. The Labute approximate surface area is 173 Å². The molecule has 0 spiro atoms. The van der Waals surface area contributed by atoms with Crippen molar-refractivity contribution in [3.05, 3.63) is 101 Å². The van der Waals surface area contributed by atoms with Crippen LogP contribution >= 0.6 is 15.9 Å². The van der Waals surface area contributed by atoms with Crippen molar-refractivity contribution in [2.24, 2.45) is 5.92 Å². The number of rotatable bonds is 1. The van der Waals surface area contributed by atoms with Crippen LogP contribution in [0, 0.1) is 5.92 Å². The molecule has 0 bridgehead atoms. The molecule has 4 aromatic rings. The average molecular weight is 426 g/mol. The zero-order valence-corrected chi connectivity index (χ0v) is 17.0. The van der Waals surface area contributed by atoms with E-state index in [1.807, 2.05) is 0 Å². The third-order valence-corrected chi connectivity index (χ3v) is 6.94. The van der Waals surface area contributed by atoms with Gasteiger partial charge < -0.3 is 5.32 Å². The van der Waals surface area contributed by atoms with Crippen LogP contribution in [0.25, 0.3) is 21.5 Å². The number of anilines is 1. The lowest BCUT2D eigenvalue weighted by molar-refractivity contribution is 0.429. The first-order valence-electron chi connectivity index (χ1n) is 9.92. The Morgan fingerprint density at radius 2 is 1.54 bits per heavy atom. The van der Waals surface area contributed by atoms with E-state index < -0.39 is 0 Å². The standard InChI is InChI=1S/C26H20BrN/c27-18-12-13-24-23(15-18)21-10-5-11-22(21)26(28-24)25-19-8-3-1-6-16(19)14-17-7-2-4-9-20(17)25/h1-10,12-15,21-22,26,28H,11H2/t21-,22+,26-/m1/s1. The minimum Gasteiger partial charge on any atom is -0.378 e. The van der Waals surface area contributed by atoms with Gasteiger partial charge in [0, 0.05) is 16.1 Å². The van der Waals surface area contributed by atoms with Gasteiger partial charge in [-0.25, -0.2) is 0 Å². The van der Waals surface area contributed by atoms with Crippen LogP contribution in [0.5, 0.6) is 0 Å². The maximum Gasteiger partial charge on any atom is 0.0566 e. The lowest BCUT2D eigenvalue weighted by Crippen LogP contribution is -2.29. The Kier molecular flexibility index (Phi) is 3.64. The van der Waals surface area contributed by atoms with Crippen molar-refractivity contribution in [2.75, 3.05) is 5.32 Å². The maximum absolute atomic E-state index is 3.94. The van der Waals surface area contributed by atoms with Gasteiger partial charge in [-0.05, 0) is 69.3 Å². The minimum absolute atomic E-state index is 0.296. The van der Waals surface area contributed by atoms with Gasteiger partial charge in [-0.15, -0.1) is 0 Å². The van der Waals surface area contributed by atoms with Crippen LogP contribution in [0.3, 0.4) is 0 Å². The molecule has 4 aromatic carbocycles. The zero-order valence-electron chi connectivity index (χ0n) is 15.4. The summed E-state index contributed by atoms with van der Waals surface area (Å²) in [6, 6.07) is 26.9. The average Bonchev–Trinajstić information content (AvgIpc) is 3.22. The molecule has 0 radical (unpaired) electrons. The molecule has 136 valence electrons. The van der Waals surface area contributed by atoms with E-state index in [-0.39, 0.29) is 0 Å². The lowest BCUT2D eigenvalue weighted by atomic mass is 9.75. The van der Waals surface area contributed by atoms with Gasteiger partial charge in [-0.1, -0.05) is 76.6 Å². The van der Waals surface area contributed by atoms with Crippen LogP contribution in [0.4, 0.5) is 5.69 Å². The van der Waals surface area contributed by atoms with Gasteiger partial charge in [-0.3, -0.25) is 0 Å². The largest absolute Gasteiger partial charge is 0.378 e. The molecule has 0 fully saturated rings. The molecular weight excluding hydrogens is 406 g/mol. The molecule has 6 rings (SSSR count). The maximum atomic E-state index is 3.94. The van der Waals surface area contributed by atoms with Crippen molar-refractivity contribution < 1.29 is 0 Å². The van der Waals surface area contributed by atoms with Crippen molar-refractivity contribution in [2.45, 2.75) is 18.4 Å². The molecule has 1 heterocycles. The van der Waals surface area contributed by atoms with Crippen LogP contribution in [0.15, 0.2) is 89.4 Å². The van der Waals surface area contributed by atoms with Gasteiger partial charge in [0.05, 0.1) is 6.04 Å². The molecule has 1 aliphatic carbocycles. The predicted molar refractivity (Wildman–Crippen MR) is 122 cm³/mol. The predicted octanol–water partition coefficient (Wildman–Crippen LogP) is 7.58. The van der Waals surface area contributed by atoms with Gasteiger partial charge in [0.25, 0.3) is 0 Å². The summed E-state index contributed by atoms with van der Waals surface area (Å²) in [5, 5.41) is 9.31. The van der Waals surface area contributed by atoms with E-state index in [0.29, 0.717) is 17.9 Å². The van der Waals surface area contributed by atoms with E-state index in [4.69, 9.17) is 0 Å². The van der Waals surface area contributed by atoms with E-state index >= 15 is 0 Å². The highest BCUT2D eigenvalue weighted by Gasteiger charge is 2.39. The number of hydrogen-bond donors (Lipinski definition) is 1. The molecule has 2 heteroatoms. The number of halogens is 1. The lowest BCUT2D eigenvalue weighted by Gasteiger charge is -2.38. The highest BCUT2D eigenvalue weighted by molar-refractivity contribution is 9.10. The summed E-state index contributed by atoms with van der Waals surface area (Å²) in [6.07, 6.45) is 5.90. The van der Waals surface area contributed by atoms with E-state index in [1.165, 1.54) is 38.4 Å². The van der Waals surface area contributed by atoms with Gasteiger partial charge >= 0.3 is 0 Å². The fourth-order valence-electron chi connectivity index (χ4n) is 5.23. The molecule has 0 amide bonds. The fraction of sp³-hybridized carbons (Fsp3) is 0.154. The molecule has 0 unspecified atom stereocenters. The number of benzene rings is 4. The Morgan fingerprint density at radius 1 is 0.821 bits per heavy atom. The number of fused-ring (bicyclic) bond motifs is 5. The summed E-state index contributed by atoms with van der Waals surface area (Å²) in [5.74, 6) is 1.01. The smallest absolute Gasteiger partial charge is 0.0566 e. The van der Waals surface area contributed by atoms with Crippen molar-refractivity contribution >= 4 is 43.2 Å². The van der Waals surface area contributed by atoms with Gasteiger partial charge in [0.15, 0.2) is 0 Å². The van der Waals surface area contributed by atoms with Crippen LogP contribution in [0.2, 0.25) is 0 Å². The third kappa shape index (κ3) is 2.37. The van der Waals surface area contributed by atoms with E-state index in [1.54, 1.807) is 0 Å². The first kappa shape index (κ1) is 16.4. The van der Waals surface area contributed by atoms with Gasteiger partial charge in [0.1, 0.15) is 0 Å². The Bertz CT molecular complexity index is 1200. The molecule has 1 N–H and O–H groups in total. The molecule has 3 atom stereocenters. The number of nitrogens with one attached hydrogen (secondary N) is 1. The van der Waals surface area contributed by atoms with Gasteiger partial charge in [0.2, 0.25) is 0 Å². The Hall–Kier alpha value is -2.58. The second kappa shape index (κ2) is 6.22. The van der Waals surface area contributed by atoms with E-state index in [2.05, 4.69) is 106 Å². The third-order valence-electron chi connectivity index (χ3n) is 6.45. The Balaban J connectivity index is 1.64. The second-order valence-electron chi connectivity index (χ2n) is 7.94. The van der Waals surface area contributed by atoms with Gasteiger partial charge in [-0.2, -0.15) is 0 Å². The van der Waals surface area contributed by atoms with Crippen LogP contribution in [-0.2, 0) is 0 Å². The molecule has 2 aliphatic rings. The topological polar surface area (TPSA) is 12.0 Å². The van der Waals surface area contributed by atoms with E-state index in [9.17, 15) is 0 Å². The normalized spacial score (nSPS) is 22.8. The minimum atomic E-state index is 0.296. The summed E-state index contributed by atoms with van der Waals surface area (Å²) >= 11 is 3.66. The quantitative estimate of drug-likeness (QED) is 0.244. The summed E-state index contributed by atoms with van der Waals surface area (Å²) < 4.78 is 1.15. The Morgan fingerprint density at radius 3 is 2.29 bits per heavy atom. The van der Waals surface area contributed by atoms with Crippen LogP contribution in [-0.4, -0.2) is 0 Å². The van der Waals surface area contributed by atoms with E-state index in [0.717, 1.165) is 10.9 Å². The highest BCUT2D eigenvalue weighted by atomic mass is 79.9. The summed E-state index contributed by atoms with van der Waals surface area (Å²) in [6.45, 7) is 0. The van der Waals surface area contributed by atoms with Crippen molar-refractivity contribution in [1.29, 1.82) is 0 Å². The molecule has 28 heavy (non-hydrogen) atoms. The van der Waals surface area contributed by atoms with Crippen molar-refractivity contribution in [1.82, 2.24) is 0 Å². The molecule has 1 nitrogen and oxygen atoms in total. The van der Waals surface area contributed by atoms with Crippen LogP contribution in [0.1, 0.15) is 29.5 Å². The van der Waals surface area contributed by atoms with Crippen LogP contribution < -0.4 is 5.32 Å². The summed E-state index contributed by atoms with van der Waals surface area (Å²) in [4.78, 5) is 0. The molecular formula is C26H20BrN. The second-order valence-corrected chi connectivity index (χ2v) is 8.86. The summed E-state index contributed by atoms with van der Waals surface area (Å²) in [7, 11) is 0. The molecule has 1 aliphatic heterocycles. The van der Waals surface area contributed by atoms with Crippen molar-refractivity contribution in [3.63, 3.8) is 0 Å². The number of allylic oxidation sites excluding steroid dienone is 2. The molecule has 0 saturated heterocycles. The highest BCUT2D eigenvalue weighted by Crippen LogP contribution is 2.52. The zero-order chi connectivity index (χ0) is 18.7. The fourth-order valence-corrected chi connectivity index (χ4v) is 5.61. The van der Waals surface area contributed by atoms with Crippen molar-refractivity contribution in [3.8, 4) is 0 Å². The monoisotopic (exact) mass is 425 g/mol. The first-order chi connectivity index (χ1) is 13.8. The molecule has 0 aromatic heterocycles.